The molecule has 0 saturated carbocycles. The van der Waals surface area contributed by atoms with E-state index in [0.29, 0.717) is 6.61 Å². The molecule has 1 heterocycles. The smallest absolute Gasteiger partial charge is 0.119 e. The van der Waals surface area contributed by atoms with Gasteiger partial charge >= 0.3 is 0 Å². The first-order valence-corrected chi connectivity index (χ1v) is 5.39. The average molecular weight is 215 g/mol. The van der Waals surface area contributed by atoms with Crippen LogP contribution in [0.3, 0.4) is 0 Å². The Hall–Kier alpha value is -0.450. The first-order valence-electron chi connectivity index (χ1n) is 4.58. The van der Waals surface area contributed by atoms with Crippen molar-refractivity contribution >= 4 is 11.3 Å². The minimum Gasteiger partial charge on any atom is -0.391 e. The van der Waals surface area contributed by atoms with Crippen LogP contribution in [0.25, 0.3) is 0 Å². The topological polar surface area (TPSA) is 42.4 Å². The van der Waals surface area contributed by atoms with Gasteiger partial charge in [-0.3, -0.25) is 0 Å². The van der Waals surface area contributed by atoms with Crippen LogP contribution in [0.5, 0.6) is 0 Å². The van der Waals surface area contributed by atoms with Crippen LogP contribution in [0, 0.1) is 0 Å². The van der Waals surface area contributed by atoms with E-state index in [1.165, 1.54) is 11.3 Å². The third-order valence-electron chi connectivity index (χ3n) is 1.86. The van der Waals surface area contributed by atoms with E-state index < -0.39 is 0 Å². The largest absolute Gasteiger partial charge is 0.391 e. The molecule has 0 saturated heterocycles. The predicted octanol–water partition coefficient (Wildman–Crippen LogP) is 2.08. The van der Waals surface area contributed by atoms with E-state index >= 15 is 0 Å². The second-order valence-electron chi connectivity index (χ2n) is 4.22. The monoisotopic (exact) mass is 215 g/mol. The molecule has 0 amide bonds. The molecule has 0 bridgehead atoms. The highest BCUT2D eigenvalue weighted by Gasteiger charge is 2.22. The number of aliphatic hydroxyl groups is 1. The van der Waals surface area contributed by atoms with Crippen molar-refractivity contribution in [2.24, 2.45) is 0 Å². The lowest BCUT2D eigenvalue weighted by Gasteiger charge is -2.16. The number of methoxy groups -OCH3 is 1. The maximum atomic E-state index is 9.19. The van der Waals surface area contributed by atoms with Gasteiger partial charge < -0.3 is 9.84 Å². The second-order valence-corrected chi connectivity index (χ2v) is 5.39. The van der Waals surface area contributed by atoms with Crippen LogP contribution in [0.1, 0.15) is 36.3 Å². The third-order valence-corrected chi connectivity index (χ3v) is 2.88. The molecular weight excluding hydrogens is 198 g/mol. The molecule has 0 atom stereocenters. The zero-order chi connectivity index (χ0) is 10.8. The molecule has 1 aromatic rings. The van der Waals surface area contributed by atoms with Crippen LogP contribution in [-0.4, -0.2) is 17.2 Å². The maximum absolute atomic E-state index is 9.19. The summed E-state index contributed by atoms with van der Waals surface area (Å²) in [4.78, 5) is 5.42. The zero-order valence-corrected chi connectivity index (χ0v) is 9.94. The van der Waals surface area contributed by atoms with E-state index in [1.807, 2.05) is 0 Å². The number of nitrogens with zero attached hydrogens (tertiary/aromatic N) is 1. The van der Waals surface area contributed by atoms with Gasteiger partial charge in [0.2, 0.25) is 0 Å². The highest BCUT2D eigenvalue weighted by atomic mass is 32.1. The molecular formula is C10H17NO2S. The number of hydrogen-bond donors (Lipinski definition) is 1. The van der Waals surface area contributed by atoms with Crippen LogP contribution < -0.4 is 0 Å². The van der Waals surface area contributed by atoms with Gasteiger partial charge in [0.25, 0.3) is 0 Å². The molecule has 80 valence electrons. The van der Waals surface area contributed by atoms with Crippen molar-refractivity contribution < 1.29 is 9.84 Å². The Morgan fingerprint density at radius 2 is 2.07 bits per heavy atom. The number of aromatic nitrogens is 1. The lowest BCUT2D eigenvalue weighted by Crippen LogP contribution is -2.14. The fourth-order valence-electron chi connectivity index (χ4n) is 1.28. The lowest BCUT2D eigenvalue weighted by atomic mass is 9.91. The van der Waals surface area contributed by atoms with Crippen molar-refractivity contribution in [2.45, 2.75) is 39.4 Å². The van der Waals surface area contributed by atoms with Gasteiger partial charge in [0.05, 0.1) is 23.8 Å². The standard InChI is InChI=1S/C10H17NO2S/c1-10(2,3)9-7(5-12)14-8(11-9)6-13-4/h12H,5-6H2,1-4H3. The molecule has 0 aromatic carbocycles. The van der Waals surface area contributed by atoms with Gasteiger partial charge in [-0.05, 0) is 0 Å². The Morgan fingerprint density at radius 1 is 1.43 bits per heavy atom. The molecule has 0 aliphatic rings. The molecule has 0 aliphatic carbocycles. The number of hydrogen-bond acceptors (Lipinski definition) is 4. The Morgan fingerprint density at radius 3 is 2.43 bits per heavy atom. The first kappa shape index (κ1) is 11.6. The van der Waals surface area contributed by atoms with Gasteiger partial charge in [0, 0.05) is 12.5 Å². The Labute approximate surface area is 88.8 Å². The van der Waals surface area contributed by atoms with Gasteiger partial charge in [-0.1, -0.05) is 20.8 Å². The molecule has 4 heteroatoms. The van der Waals surface area contributed by atoms with Crippen LogP contribution >= 0.6 is 11.3 Å². The van der Waals surface area contributed by atoms with Crippen molar-refractivity contribution in [3.63, 3.8) is 0 Å². The summed E-state index contributed by atoms with van der Waals surface area (Å²) in [6.07, 6.45) is 0. The molecule has 1 aromatic heterocycles. The summed E-state index contributed by atoms with van der Waals surface area (Å²) >= 11 is 1.52. The zero-order valence-electron chi connectivity index (χ0n) is 9.13. The quantitative estimate of drug-likeness (QED) is 0.839. The Balaban J connectivity index is 3.02. The minimum absolute atomic E-state index is 0.0133. The summed E-state index contributed by atoms with van der Waals surface area (Å²) in [6, 6.07) is 0. The average Bonchev–Trinajstić information content (AvgIpc) is 2.47. The summed E-state index contributed by atoms with van der Waals surface area (Å²) in [5.74, 6) is 0. The molecule has 0 spiro atoms. The highest BCUT2D eigenvalue weighted by Crippen LogP contribution is 2.29. The third kappa shape index (κ3) is 2.53. The van der Waals surface area contributed by atoms with Gasteiger partial charge in [0.15, 0.2) is 0 Å². The van der Waals surface area contributed by atoms with Gasteiger partial charge in [-0.25, -0.2) is 4.98 Å². The minimum atomic E-state index is -0.0133. The predicted molar refractivity (Wildman–Crippen MR) is 57.4 cm³/mol. The van der Waals surface area contributed by atoms with Crippen LogP contribution in [0.2, 0.25) is 0 Å². The van der Waals surface area contributed by atoms with Gasteiger partial charge in [0.1, 0.15) is 5.01 Å². The fraction of sp³-hybridized carbons (Fsp3) is 0.700. The summed E-state index contributed by atoms with van der Waals surface area (Å²) in [5.41, 5.74) is 0.970. The lowest BCUT2D eigenvalue weighted by molar-refractivity contribution is 0.184. The van der Waals surface area contributed by atoms with E-state index in [4.69, 9.17) is 4.74 Å². The van der Waals surface area contributed by atoms with E-state index in [9.17, 15) is 5.11 Å². The summed E-state index contributed by atoms with van der Waals surface area (Å²) in [6.45, 7) is 6.87. The van der Waals surface area contributed by atoms with Crippen molar-refractivity contribution in [3.8, 4) is 0 Å². The highest BCUT2D eigenvalue weighted by molar-refractivity contribution is 7.11. The fourth-order valence-corrected chi connectivity index (χ4v) is 2.39. The maximum Gasteiger partial charge on any atom is 0.119 e. The van der Waals surface area contributed by atoms with Gasteiger partial charge in [-0.2, -0.15) is 0 Å². The van der Waals surface area contributed by atoms with Crippen molar-refractivity contribution in [1.82, 2.24) is 4.98 Å². The molecule has 0 aliphatic heterocycles. The van der Waals surface area contributed by atoms with Crippen LogP contribution in [0.4, 0.5) is 0 Å². The molecule has 0 radical (unpaired) electrons. The Bertz CT molecular complexity index is 302. The summed E-state index contributed by atoms with van der Waals surface area (Å²) in [7, 11) is 1.65. The number of aliphatic hydroxyl groups excluding tert-OH is 1. The second kappa shape index (κ2) is 4.38. The molecule has 14 heavy (non-hydrogen) atoms. The summed E-state index contributed by atoms with van der Waals surface area (Å²) < 4.78 is 5.02. The number of ether oxygens (including phenoxy) is 1. The molecule has 1 N–H and O–H groups in total. The van der Waals surface area contributed by atoms with Crippen molar-refractivity contribution in [1.29, 1.82) is 0 Å². The molecule has 3 nitrogen and oxygen atoms in total. The number of thiazole rings is 1. The van der Waals surface area contributed by atoms with Crippen molar-refractivity contribution in [3.05, 3.63) is 15.6 Å². The van der Waals surface area contributed by atoms with E-state index in [2.05, 4.69) is 25.8 Å². The molecule has 0 fully saturated rings. The molecule has 0 unspecified atom stereocenters. The summed E-state index contributed by atoms with van der Waals surface area (Å²) in [5, 5.41) is 10.1. The van der Waals surface area contributed by atoms with E-state index in [-0.39, 0.29) is 12.0 Å². The SMILES string of the molecule is COCc1nc(C(C)(C)C)c(CO)s1. The normalized spacial score (nSPS) is 12.1. The first-order chi connectivity index (χ1) is 6.49. The van der Waals surface area contributed by atoms with Crippen LogP contribution in [0.15, 0.2) is 0 Å². The van der Waals surface area contributed by atoms with E-state index in [0.717, 1.165) is 15.6 Å². The Kier molecular flexibility index (Phi) is 3.64. The molecule has 1 rings (SSSR count). The van der Waals surface area contributed by atoms with E-state index in [1.54, 1.807) is 7.11 Å². The van der Waals surface area contributed by atoms with Crippen LogP contribution in [-0.2, 0) is 23.4 Å². The van der Waals surface area contributed by atoms with Gasteiger partial charge in [-0.15, -0.1) is 11.3 Å². The number of rotatable bonds is 3. The van der Waals surface area contributed by atoms with Crippen molar-refractivity contribution in [2.75, 3.05) is 7.11 Å².